The van der Waals surface area contributed by atoms with Crippen molar-refractivity contribution in [2.75, 3.05) is 37.6 Å². The summed E-state index contributed by atoms with van der Waals surface area (Å²) in [5, 5.41) is 14.0. The zero-order valence-corrected chi connectivity index (χ0v) is 12.8. The highest BCUT2D eigenvalue weighted by molar-refractivity contribution is 5.89. The van der Waals surface area contributed by atoms with Crippen LogP contribution in [0.25, 0.3) is 11.0 Å². The first-order valence-corrected chi connectivity index (χ1v) is 7.68. The van der Waals surface area contributed by atoms with Crippen molar-refractivity contribution in [3.05, 3.63) is 23.8 Å². The van der Waals surface area contributed by atoms with E-state index in [0.29, 0.717) is 6.42 Å². The third kappa shape index (κ3) is 3.22. The van der Waals surface area contributed by atoms with Crippen LogP contribution in [0, 0.1) is 6.92 Å². The van der Waals surface area contributed by atoms with Gasteiger partial charge in [-0.2, -0.15) is 0 Å². The van der Waals surface area contributed by atoms with E-state index < -0.39 is 5.97 Å². The van der Waals surface area contributed by atoms with Crippen molar-refractivity contribution < 1.29 is 14.4 Å². The average Bonchev–Trinajstić information content (AvgIpc) is 2.90. The van der Waals surface area contributed by atoms with Crippen LogP contribution in [0.2, 0.25) is 0 Å². The summed E-state index contributed by atoms with van der Waals surface area (Å²) in [5.41, 5.74) is 2.02. The molecule has 3 rings (SSSR count). The molecule has 1 aromatic heterocycles. The Kier molecular flexibility index (Phi) is 4.29. The predicted molar refractivity (Wildman–Crippen MR) is 84.3 cm³/mol. The van der Waals surface area contributed by atoms with Gasteiger partial charge in [0.2, 0.25) is 0 Å². The Morgan fingerprint density at radius 2 is 2.09 bits per heavy atom. The third-order valence-corrected chi connectivity index (χ3v) is 4.14. The molecule has 1 fully saturated rings. The van der Waals surface area contributed by atoms with Crippen molar-refractivity contribution in [2.45, 2.75) is 19.8 Å². The number of aliphatic carboxylic acids is 1. The van der Waals surface area contributed by atoms with Crippen molar-refractivity contribution in [1.82, 2.24) is 10.1 Å². The zero-order chi connectivity index (χ0) is 15.5. The normalized spacial score (nSPS) is 16.3. The van der Waals surface area contributed by atoms with E-state index in [9.17, 15) is 4.79 Å². The van der Waals surface area contributed by atoms with Crippen molar-refractivity contribution in [3.8, 4) is 0 Å². The van der Waals surface area contributed by atoms with Crippen LogP contribution in [-0.2, 0) is 4.79 Å². The summed E-state index contributed by atoms with van der Waals surface area (Å²) in [4.78, 5) is 15.1. The molecule has 2 aromatic rings. The van der Waals surface area contributed by atoms with E-state index in [1.54, 1.807) is 0 Å². The first-order valence-electron chi connectivity index (χ1n) is 7.68. The van der Waals surface area contributed by atoms with Gasteiger partial charge in [0.05, 0.1) is 5.39 Å². The van der Waals surface area contributed by atoms with Crippen LogP contribution in [0.1, 0.15) is 18.4 Å². The standard InChI is InChI=1S/C16H21N3O3/c1-12-4-5-14-13(11-12)16(17-22-14)19-9-7-18(8-10-19)6-2-3-15(20)21/h4-5,11H,2-3,6-10H2,1H3,(H,20,21). The molecular weight excluding hydrogens is 282 g/mol. The Morgan fingerprint density at radius 1 is 1.32 bits per heavy atom. The summed E-state index contributed by atoms with van der Waals surface area (Å²) in [5.74, 6) is 0.201. The third-order valence-electron chi connectivity index (χ3n) is 4.14. The van der Waals surface area contributed by atoms with Gasteiger partial charge in [-0.25, -0.2) is 0 Å². The molecule has 0 radical (unpaired) electrons. The summed E-state index contributed by atoms with van der Waals surface area (Å²) in [7, 11) is 0. The molecule has 0 unspecified atom stereocenters. The number of anilines is 1. The number of hydrogen-bond acceptors (Lipinski definition) is 5. The molecule has 0 amide bonds. The average molecular weight is 303 g/mol. The van der Waals surface area contributed by atoms with Crippen LogP contribution in [0.5, 0.6) is 0 Å². The maximum Gasteiger partial charge on any atom is 0.303 e. The zero-order valence-electron chi connectivity index (χ0n) is 12.8. The lowest BCUT2D eigenvalue weighted by Gasteiger charge is -2.34. The van der Waals surface area contributed by atoms with Crippen molar-refractivity contribution in [2.24, 2.45) is 0 Å². The van der Waals surface area contributed by atoms with Gasteiger partial charge in [0.1, 0.15) is 0 Å². The number of hydrogen-bond donors (Lipinski definition) is 1. The largest absolute Gasteiger partial charge is 0.481 e. The Morgan fingerprint density at radius 3 is 2.82 bits per heavy atom. The van der Waals surface area contributed by atoms with Gasteiger partial charge < -0.3 is 14.5 Å². The highest BCUT2D eigenvalue weighted by Crippen LogP contribution is 2.27. The highest BCUT2D eigenvalue weighted by Gasteiger charge is 2.21. The Balaban J connectivity index is 1.61. The van der Waals surface area contributed by atoms with Gasteiger partial charge in [-0.3, -0.25) is 9.69 Å². The molecule has 1 saturated heterocycles. The maximum absolute atomic E-state index is 10.6. The van der Waals surface area contributed by atoms with Crippen molar-refractivity contribution in [3.63, 3.8) is 0 Å². The van der Waals surface area contributed by atoms with Gasteiger partial charge in [0, 0.05) is 32.6 Å². The molecule has 118 valence electrons. The molecule has 0 aliphatic carbocycles. The first-order chi connectivity index (χ1) is 10.6. The van der Waals surface area contributed by atoms with Crippen molar-refractivity contribution >= 4 is 22.8 Å². The summed E-state index contributed by atoms with van der Waals surface area (Å²) >= 11 is 0. The van der Waals surface area contributed by atoms with E-state index in [4.69, 9.17) is 9.63 Å². The van der Waals surface area contributed by atoms with Gasteiger partial charge in [0.25, 0.3) is 0 Å². The number of benzene rings is 1. The molecule has 6 heteroatoms. The summed E-state index contributed by atoms with van der Waals surface area (Å²) in [6.45, 7) is 6.56. The van der Waals surface area contributed by atoms with E-state index >= 15 is 0 Å². The minimum Gasteiger partial charge on any atom is -0.481 e. The van der Waals surface area contributed by atoms with Crippen LogP contribution in [0.4, 0.5) is 5.82 Å². The Labute approximate surface area is 129 Å². The van der Waals surface area contributed by atoms with Gasteiger partial charge in [-0.15, -0.1) is 0 Å². The molecule has 0 atom stereocenters. The second kappa shape index (κ2) is 6.36. The molecule has 0 spiro atoms. The van der Waals surface area contributed by atoms with E-state index in [2.05, 4.69) is 27.9 Å². The number of aromatic nitrogens is 1. The fourth-order valence-electron chi connectivity index (χ4n) is 2.91. The van der Waals surface area contributed by atoms with Gasteiger partial charge in [0.15, 0.2) is 11.4 Å². The number of carbonyl (C=O) groups is 1. The van der Waals surface area contributed by atoms with E-state index in [1.165, 1.54) is 5.56 Å². The second-order valence-corrected chi connectivity index (χ2v) is 5.83. The number of fused-ring (bicyclic) bond motifs is 1. The lowest BCUT2D eigenvalue weighted by molar-refractivity contribution is -0.137. The molecule has 1 aromatic carbocycles. The minimum absolute atomic E-state index is 0.243. The SMILES string of the molecule is Cc1ccc2onc(N3CCN(CCCC(=O)O)CC3)c2c1. The fourth-order valence-corrected chi connectivity index (χ4v) is 2.91. The van der Waals surface area contributed by atoms with Crippen LogP contribution < -0.4 is 4.90 Å². The van der Waals surface area contributed by atoms with E-state index in [0.717, 1.165) is 49.5 Å². The fraction of sp³-hybridized carbons (Fsp3) is 0.500. The van der Waals surface area contributed by atoms with Crippen LogP contribution in [-0.4, -0.2) is 53.9 Å². The quantitative estimate of drug-likeness (QED) is 0.912. The van der Waals surface area contributed by atoms with Crippen molar-refractivity contribution in [1.29, 1.82) is 0 Å². The molecule has 0 saturated carbocycles. The van der Waals surface area contributed by atoms with E-state index in [-0.39, 0.29) is 6.42 Å². The summed E-state index contributed by atoms with van der Waals surface area (Å²) in [6.07, 6.45) is 0.953. The Bertz CT molecular complexity index is 660. The van der Waals surface area contributed by atoms with Crippen LogP contribution in [0.15, 0.2) is 22.7 Å². The maximum atomic E-state index is 10.6. The number of carboxylic acids is 1. The molecule has 1 aliphatic rings. The number of aryl methyl sites for hydroxylation is 1. The van der Waals surface area contributed by atoms with Gasteiger partial charge in [-0.1, -0.05) is 16.8 Å². The monoisotopic (exact) mass is 303 g/mol. The van der Waals surface area contributed by atoms with Crippen LogP contribution >= 0.6 is 0 Å². The second-order valence-electron chi connectivity index (χ2n) is 5.83. The van der Waals surface area contributed by atoms with E-state index in [1.807, 2.05) is 12.1 Å². The number of carboxylic acid groups (broad SMARTS) is 1. The number of piperazine rings is 1. The Hall–Kier alpha value is -2.08. The smallest absolute Gasteiger partial charge is 0.303 e. The number of nitrogens with zero attached hydrogens (tertiary/aromatic N) is 3. The lowest BCUT2D eigenvalue weighted by atomic mass is 10.1. The highest BCUT2D eigenvalue weighted by atomic mass is 16.5. The first kappa shape index (κ1) is 14.8. The molecular formula is C16H21N3O3. The van der Waals surface area contributed by atoms with Gasteiger partial charge in [-0.05, 0) is 32.0 Å². The minimum atomic E-state index is -0.719. The molecule has 2 heterocycles. The predicted octanol–water partition coefficient (Wildman–Crippen LogP) is 2.12. The molecule has 22 heavy (non-hydrogen) atoms. The van der Waals surface area contributed by atoms with Crippen LogP contribution in [0.3, 0.4) is 0 Å². The molecule has 6 nitrogen and oxygen atoms in total. The lowest BCUT2D eigenvalue weighted by Crippen LogP contribution is -2.46. The summed E-state index contributed by atoms with van der Waals surface area (Å²) < 4.78 is 5.40. The topological polar surface area (TPSA) is 69.8 Å². The molecule has 1 N–H and O–H groups in total. The molecule has 0 bridgehead atoms. The number of rotatable bonds is 5. The van der Waals surface area contributed by atoms with Gasteiger partial charge >= 0.3 is 5.97 Å². The molecule has 1 aliphatic heterocycles. The summed E-state index contributed by atoms with van der Waals surface area (Å²) in [6, 6.07) is 6.10.